The molecule has 3 aromatic rings. The smallest absolute Gasteiger partial charge is 0.159 e. The molecule has 9 nitrogen and oxygen atoms in total. The summed E-state index contributed by atoms with van der Waals surface area (Å²) in [5.41, 5.74) is 2.84. The molecule has 2 fully saturated rings. The van der Waals surface area contributed by atoms with E-state index < -0.39 is 14.6 Å². The van der Waals surface area contributed by atoms with E-state index in [1.807, 2.05) is 12.1 Å². The number of hydrogen-bond acceptors (Lipinski definition) is 7. The molecule has 2 aliphatic rings. The van der Waals surface area contributed by atoms with Gasteiger partial charge in [-0.05, 0) is 31.9 Å². The van der Waals surface area contributed by atoms with Crippen LogP contribution in [0.1, 0.15) is 25.3 Å². The van der Waals surface area contributed by atoms with Crippen molar-refractivity contribution in [1.29, 1.82) is 0 Å². The van der Waals surface area contributed by atoms with Gasteiger partial charge in [-0.3, -0.25) is 5.10 Å². The van der Waals surface area contributed by atoms with Crippen molar-refractivity contribution in [3.63, 3.8) is 0 Å². The van der Waals surface area contributed by atoms with E-state index >= 15 is 0 Å². The van der Waals surface area contributed by atoms with Crippen LogP contribution in [0.25, 0.3) is 17.0 Å². The molecule has 4 heterocycles. The third-order valence-corrected chi connectivity index (χ3v) is 7.85. The average molecular weight is 402 g/mol. The molecular weight excluding hydrogens is 380 g/mol. The summed E-state index contributed by atoms with van der Waals surface area (Å²) in [5.74, 6) is 0.743. The predicted octanol–water partition coefficient (Wildman–Crippen LogP) is 1.38. The van der Waals surface area contributed by atoms with Crippen molar-refractivity contribution >= 4 is 21.3 Å². The minimum Gasteiger partial charge on any atom is -0.377 e. The largest absolute Gasteiger partial charge is 0.377 e. The van der Waals surface area contributed by atoms with Gasteiger partial charge in [-0.15, -0.1) is 5.10 Å². The van der Waals surface area contributed by atoms with Crippen molar-refractivity contribution in [2.24, 2.45) is 0 Å². The first-order valence-corrected chi connectivity index (χ1v) is 11.2. The Morgan fingerprint density at radius 1 is 1.36 bits per heavy atom. The highest BCUT2D eigenvalue weighted by Gasteiger charge is 2.55. The molecule has 0 radical (unpaired) electrons. The van der Waals surface area contributed by atoms with Crippen LogP contribution in [-0.4, -0.2) is 65.3 Å². The van der Waals surface area contributed by atoms with Gasteiger partial charge in [0.05, 0.1) is 31.1 Å². The first-order valence-electron chi connectivity index (χ1n) is 9.34. The second-order valence-electron chi connectivity index (χ2n) is 7.65. The first kappa shape index (κ1) is 17.6. The summed E-state index contributed by atoms with van der Waals surface area (Å²) in [7, 11) is -3.29. The highest BCUT2D eigenvalue weighted by atomic mass is 32.2. The van der Waals surface area contributed by atoms with Crippen LogP contribution in [-0.2, 0) is 19.3 Å². The highest BCUT2D eigenvalue weighted by molar-refractivity contribution is 7.92. The maximum atomic E-state index is 12.6. The van der Waals surface area contributed by atoms with Gasteiger partial charge in [-0.25, -0.2) is 17.9 Å². The normalized spacial score (nSPS) is 21.9. The molecule has 0 spiro atoms. The highest BCUT2D eigenvalue weighted by Crippen LogP contribution is 2.54. The summed E-state index contributed by atoms with van der Waals surface area (Å²) < 4.78 is 31.7. The van der Waals surface area contributed by atoms with Crippen LogP contribution < -0.4 is 4.90 Å². The van der Waals surface area contributed by atoms with E-state index in [1.54, 1.807) is 16.9 Å². The van der Waals surface area contributed by atoms with E-state index in [9.17, 15) is 8.42 Å². The third kappa shape index (κ3) is 2.55. The predicted molar refractivity (Wildman–Crippen MR) is 104 cm³/mol. The molecule has 28 heavy (non-hydrogen) atoms. The molecule has 0 unspecified atom stereocenters. The van der Waals surface area contributed by atoms with E-state index in [1.165, 1.54) is 6.26 Å². The average Bonchev–Trinajstić information content (AvgIpc) is 3.11. The Balaban J connectivity index is 1.76. The molecule has 1 N–H and O–H groups in total. The second-order valence-corrected chi connectivity index (χ2v) is 9.97. The maximum absolute atomic E-state index is 12.6. The molecule has 148 valence electrons. The van der Waals surface area contributed by atoms with E-state index in [-0.39, 0.29) is 6.04 Å². The Morgan fingerprint density at radius 3 is 2.82 bits per heavy atom. The minimum absolute atomic E-state index is 0.152. The van der Waals surface area contributed by atoms with Crippen molar-refractivity contribution in [3.05, 3.63) is 30.1 Å². The Bertz CT molecular complexity index is 1130. The van der Waals surface area contributed by atoms with E-state index in [0.29, 0.717) is 38.2 Å². The summed E-state index contributed by atoms with van der Waals surface area (Å²) in [6, 6.07) is 3.91. The summed E-state index contributed by atoms with van der Waals surface area (Å²) in [6.45, 7) is 4.02. The number of ether oxygens (including phenoxy) is 1. The zero-order valence-corrected chi connectivity index (χ0v) is 16.6. The Hall–Kier alpha value is -2.46. The van der Waals surface area contributed by atoms with Crippen molar-refractivity contribution in [2.75, 3.05) is 30.9 Å². The SMILES string of the molecule is C[C@@H]1COCCN1c1cc(C2(S(C)(=O)=O)CC2)c2ncc(-c3ccn[nH]3)n2n1. The molecule has 3 aromatic heterocycles. The quantitative estimate of drug-likeness (QED) is 0.703. The lowest BCUT2D eigenvalue weighted by molar-refractivity contribution is 0.0984. The van der Waals surface area contributed by atoms with Crippen LogP contribution in [0, 0.1) is 0 Å². The summed E-state index contributed by atoms with van der Waals surface area (Å²) in [4.78, 5) is 6.71. The zero-order valence-electron chi connectivity index (χ0n) is 15.8. The first-order chi connectivity index (χ1) is 13.4. The standard InChI is InChI=1S/C18H22N6O3S/c1-12-11-27-8-7-23(12)16-9-13(18(4-5-18)28(2,25)26)17-19-10-15(24(17)22-16)14-3-6-20-21-14/h3,6,9-10,12H,4-5,7-8,11H2,1-2H3,(H,20,21)/t12-/m1/s1. The van der Waals surface area contributed by atoms with Crippen LogP contribution in [0.2, 0.25) is 0 Å². The van der Waals surface area contributed by atoms with Crippen molar-refractivity contribution in [2.45, 2.75) is 30.6 Å². The van der Waals surface area contributed by atoms with Crippen LogP contribution in [0.5, 0.6) is 0 Å². The van der Waals surface area contributed by atoms with Gasteiger partial charge in [0, 0.05) is 24.6 Å². The molecular formula is C18H22N6O3S. The summed E-state index contributed by atoms with van der Waals surface area (Å²) in [6.07, 6.45) is 5.91. The molecule has 10 heteroatoms. The Kier molecular flexibility index (Phi) is 3.79. The van der Waals surface area contributed by atoms with Gasteiger partial charge < -0.3 is 9.64 Å². The number of imidazole rings is 1. The molecule has 1 saturated carbocycles. The van der Waals surface area contributed by atoms with Crippen molar-refractivity contribution < 1.29 is 13.2 Å². The van der Waals surface area contributed by atoms with Crippen LogP contribution in [0.4, 0.5) is 5.82 Å². The monoisotopic (exact) mass is 402 g/mol. The van der Waals surface area contributed by atoms with Crippen LogP contribution in [0.3, 0.4) is 0 Å². The maximum Gasteiger partial charge on any atom is 0.159 e. The number of aromatic nitrogens is 5. The lowest BCUT2D eigenvalue weighted by Gasteiger charge is -2.34. The van der Waals surface area contributed by atoms with Crippen LogP contribution in [0.15, 0.2) is 24.5 Å². The molecule has 1 aliphatic carbocycles. The number of aromatic amines is 1. The third-order valence-electron chi connectivity index (χ3n) is 5.80. The number of nitrogens with one attached hydrogen (secondary N) is 1. The number of anilines is 1. The number of hydrogen-bond donors (Lipinski definition) is 1. The Morgan fingerprint density at radius 2 is 2.18 bits per heavy atom. The number of sulfone groups is 1. The number of morpholine rings is 1. The number of H-pyrrole nitrogens is 1. The van der Waals surface area contributed by atoms with E-state index in [4.69, 9.17) is 9.84 Å². The van der Waals surface area contributed by atoms with Gasteiger partial charge in [0.2, 0.25) is 0 Å². The fourth-order valence-electron chi connectivity index (χ4n) is 4.03. The number of nitrogens with zero attached hydrogens (tertiary/aromatic N) is 5. The van der Waals surface area contributed by atoms with Gasteiger partial charge >= 0.3 is 0 Å². The molecule has 1 atom stereocenters. The summed E-state index contributed by atoms with van der Waals surface area (Å²) in [5, 5.41) is 11.8. The molecule has 0 amide bonds. The van der Waals surface area contributed by atoms with Crippen molar-refractivity contribution in [1.82, 2.24) is 24.8 Å². The fraction of sp³-hybridized carbons (Fsp3) is 0.500. The zero-order chi connectivity index (χ0) is 19.5. The fourth-order valence-corrected chi connectivity index (χ4v) is 5.43. The molecule has 1 aliphatic heterocycles. The molecule has 0 aromatic carbocycles. The van der Waals surface area contributed by atoms with Gasteiger partial charge in [-0.2, -0.15) is 5.10 Å². The molecule has 1 saturated heterocycles. The number of rotatable bonds is 4. The van der Waals surface area contributed by atoms with Gasteiger partial charge in [0.15, 0.2) is 15.5 Å². The molecule has 5 rings (SSSR count). The molecule has 0 bridgehead atoms. The minimum atomic E-state index is -3.29. The Labute approximate surface area is 162 Å². The number of fused-ring (bicyclic) bond motifs is 1. The van der Waals surface area contributed by atoms with Gasteiger partial charge in [-0.1, -0.05) is 0 Å². The van der Waals surface area contributed by atoms with Gasteiger partial charge in [0.1, 0.15) is 16.3 Å². The lowest BCUT2D eigenvalue weighted by Crippen LogP contribution is -2.44. The second kappa shape index (κ2) is 6.02. The summed E-state index contributed by atoms with van der Waals surface area (Å²) >= 11 is 0. The van der Waals surface area contributed by atoms with Gasteiger partial charge in [0.25, 0.3) is 0 Å². The van der Waals surface area contributed by atoms with E-state index in [2.05, 4.69) is 27.0 Å². The van der Waals surface area contributed by atoms with Crippen molar-refractivity contribution in [3.8, 4) is 11.4 Å². The van der Waals surface area contributed by atoms with E-state index in [0.717, 1.165) is 22.8 Å². The van der Waals surface area contributed by atoms with Crippen LogP contribution >= 0.6 is 0 Å². The lowest BCUT2D eigenvalue weighted by atomic mass is 10.1. The topological polar surface area (TPSA) is 105 Å².